The Balaban J connectivity index is 1.76. The Morgan fingerprint density at radius 3 is 2.69 bits per heavy atom. The van der Waals surface area contributed by atoms with Gasteiger partial charge >= 0.3 is 6.03 Å². The van der Waals surface area contributed by atoms with Gasteiger partial charge in [-0.3, -0.25) is 10.1 Å². The van der Waals surface area contributed by atoms with Crippen molar-refractivity contribution in [2.45, 2.75) is 31.8 Å². The summed E-state index contributed by atoms with van der Waals surface area (Å²) in [4.78, 5) is 32.4. The zero-order chi connectivity index (χ0) is 18.7. The topological polar surface area (TPSA) is 74.2 Å². The Bertz CT molecular complexity index is 707. The fourth-order valence-electron chi connectivity index (χ4n) is 3.00. The van der Waals surface area contributed by atoms with E-state index in [2.05, 4.69) is 41.5 Å². The Morgan fingerprint density at radius 1 is 1.27 bits per heavy atom. The van der Waals surface area contributed by atoms with Gasteiger partial charge in [-0.05, 0) is 19.4 Å². The second kappa shape index (κ2) is 8.09. The third-order valence-electron chi connectivity index (χ3n) is 4.49. The van der Waals surface area contributed by atoms with Gasteiger partial charge in [0.1, 0.15) is 0 Å². The van der Waals surface area contributed by atoms with Crippen molar-refractivity contribution in [1.29, 1.82) is 0 Å². The van der Waals surface area contributed by atoms with Gasteiger partial charge in [-0.25, -0.2) is 9.79 Å². The molecule has 2 atom stereocenters. The van der Waals surface area contributed by atoms with Gasteiger partial charge in [0.15, 0.2) is 17.4 Å². The number of benzene rings is 1. The van der Waals surface area contributed by atoms with Crippen LogP contribution in [-0.2, 0) is 15.3 Å². The molecule has 1 N–H and O–H groups in total. The summed E-state index contributed by atoms with van der Waals surface area (Å²) in [5.74, 6) is 0.451. The molecule has 140 valence electrons. The van der Waals surface area contributed by atoms with Crippen LogP contribution in [0.4, 0.5) is 4.79 Å². The molecule has 1 aromatic carbocycles. The molecule has 26 heavy (non-hydrogen) atoms. The van der Waals surface area contributed by atoms with Crippen LogP contribution in [0.3, 0.4) is 0 Å². The summed E-state index contributed by atoms with van der Waals surface area (Å²) in [6.45, 7) is 5.69. The Kier molecular flexibility index (Phi) is 5.83. The zero-order valence-electron chi connectivity index (χ0n) is 15.3. The van der Waals surface area contributed by atoms with E-state index in [1.165, 1.54) is 16.0 Å². The number of nitrogens with zero attached hydrogens (tertiary/aromatic N) is 3. The number of thioether (sulfide) groups is 1. The van der Waals surface area contributed by atoms with E-state index in [0.717, 1.165) is 10.9 Å². The van der Waals surface area contributed by atoms with E-state index in [9.17, 15) is 9.59 Å². The normalized spacial score (nSPS) is 22.3. The lowest BCUT2D eigenvalue weighted by molar-refractivity contribution is -0.127. The van der Waals surface area contributed by atoms with Crippen molar-refractivity contribution in [2.24, 2.45) is 4.99 Å². The molecule has 1 saturated heterocycles. The molecule has 0 bridgehead atoms. The Labute approximate surface area is 157 Å². The molecular formula is C18H24N4O3S. The van der Waals surface area contributed by atoms with E-state index in [4.69, 9.17) is 4.74 Å². The van der Waals surface area contributed by atoms with E-state index < -0.39 is 18.2 Å². The van der Waals surface area contributed by atoms with Crippen LogP contribution >= 0.6 is 11.8 Å². The van der Waals surface area contributed by atoms with Crippen molar-refractivity contribution < 1.29 is 14.3 Å². The van der Waals surface area contributed by atoms with E-state index in [0.29, 0.717) is 19.8 Å². The third-order valence-corrected chi connectivity index (χ3v) is 5.57. The summed E-state index contributed by atoms with van der Waals surface area (Å²) in [5.41, 5.74) is 2.41. The minimum atomic E-state index is -0.501. The van der Waals surface area contributed by atoms with Crippen molar-refractivity contribution in [1.82, 2.24) is 15.1 Å². The smallest absolute Gasteiger partial charge is 0.325 e. The largest absolute Gasteiger partial charge is 0.380 e. The molecule has 0 spiro atoms. The van der Waals surface area contributed by atoms with Crippen LogP contribution in [0.1, 0.15) is 18.1 Å². The van der Waals surface area contributed by atoms with E-state index >= 15 is 0 Å². The molecule has 7 nitrogen and oxygen atoms in total. The summed E-state index contributed by atoms with van der Waals surface area (Å²) in [6, 6.07) is 7.45. The van der Waals surface area contributed by atoms with Crippen LogP contribution in [0.15, 0.2) is 29.3 Å². The number of hydrogen-bond acceptors (Lipinski definition) is 6. The fourth-order valence-corrected chi connectivity index (χ4v) is 4.04. The molecule has 2 aliphatic rings. The first kappa shape index (κ1) is 18.7. The highest BCUT2D eigenvalue weighted by molar-refractivity contribution is 8.13. The maximum absolute atomic E-state index is 12.4. The first-order valence-corrected chi connectivity index (χ1v) is 9.68. The number of fused-ring (bicyclic) bond motifs is 1. The number of aliphatic imine (C=N–C) groups is 1. The van der Waals surface area contributed by atoms with Crippen LogP contribution in [0.5, 0.6) is 0 Å². The predicted octanol–water partition coefficient (Wildman–Crippen LogP) is 1.81. The van der Waals surface area contributed by atoms with Crippen molar-refractivity contribution in [3.05, 3.63) is 35.4 Å². The minimum absolute atomic E-state index is 0.302. The van der Waals surface area contributed by atoms with Gasteiger partial charge in [-0.15, -0.1) is 0 Å². The SMILES string of the molecule is CCOCCN1C(SCc2ccc(C)cc2)=NC2C1C(=O)NC(=O)N2C. The molecule has 8 heteroatoms. The Hall–Kier alpha value is -2.06. The highest BCUT2D eigenvalue weighted by Crippen LogP contribution is 2.29. The molecule has 3 amide bonds. The van der Waals surface area contributed by atoms with Gasteiger partial charge in [0.2, 0.25) is 0 Å². The van der Waals surface area contributed by atoms with Crippen molar-refractivity contribution >= 4 is 28.9 Å². The molecule has 0 aliphatic carbocycles. The average molecular weight is 376 g/mol. The number of amides is 3. The predicted molar refractivity (Wildman–Crippen MR) is 102 cm³/mol. The fraction of sp³-hybridized carbons (Fsp3) is 0.500. The summed E-state index contributed by atoms with van der Waals surface area (Å²) < 4.78 is 5.46. The minimum Gasteiger partial charge on any atom is -0.380 e. The quantitative estimate of drug-likeness (QED) is 0.767. The van der Waals surface area contributed by atoms with Gasteiger partial charge in [0, 0.05) is 26.0 Å². The second-order valence-electron chi connectivity index (χ2n) is 6.34. The molecule has 2 aliphatic heterocycles. The molecule has 2 heterocycles. The standard InChI is InChI=1S/C18H24N4O3S/c1-4-25-10-9-22-14-15(21(3)17(24)20-16(14)23)19-18(22)26-11-13-7-5-12(2)6-8-13/h5-8,14-15H,4,9-11H2,1-3H3,(H,20,23,24). The Morgan fingerprint density at radius 2 is 2.00 bits per heavy atom. The highest BCUT2D eigenvalue weighted by Gasteiger charge is 2.48. The number of carbonyl (C=O) groups is 2. The number of nitrogens with one attached hydrogen (secondary N) is 1. The van der Waals surface area contributed by atoms with Crippen molar-refractivity contribution in [2.75, 3.05) is 26.8 Å². The van der Waals surface area contributed by atoms with Crippen LogP contribution in [0, 0.1) is 6.92 Å². The molecule has 1 aromatic rings. The van der Waals surface area contributed by atoms with Gasteiger partial charge in [0.05, 0.1) is 6.61 Å². The molecule has 0 radical (unpaired) electrons. The second-order valence-corrected chi connectivity index (χ2v) is 7.28. The summed E-state index contributed by atoms with van der Waals surface area (Å²) in [5, 5.41) is 3.18. The number of aryl methyl sites for hydroxylation is 1. The van der Waals surface area contributed by atoms with Crippen molar-refractivity contribution in [3.63, 3.8) is 0 Å². The lowest BCUT2D eigenvalue weighted by Crippen LogP contribution is -2.63. The molecule has 1 fully saturated rings. The van der Waals surface area contributed by atoms with Crippen LogP contribution < -0.4 is 5.32 Å². The van der Waals surface area contributed by atoms with Gasteiger partial charge in [0.25, 0.3) is 5.91 Å². The lowest BCUT2D eigenvalue weighted by Gasteiger charge is -2.36. The van der Waals surface area contributed by atoms with Gasteiger partial charge in [-0.1, -0.05) is 41.6 Å². The molecule has 2 unspecified atom stereocenters. The van der Waals surface area contributed by atoms with Gasteiger partial charge in [-0.2, -0.15) is 0 Å². The number of hydrogen-bond donors (Lipinski definition) is 1. The van der Waals surface area contributed by atoms with E-state index in [-0.39, 0.29) is 5.91 Å². The number of carbonyl (C=O) groups excluding carboxylic acids is 2. The lowest BCUT2D eigenvalue weighted by atomic mass is 10.1. The number of imide groups is 1. The van der Waals surface area contributed by atoms with Crippen LogP contribution in [-0.4, -0.2) is 65.9 Å². The molecular weight excluding hydrogens is 352 g/mol. The number of ether oxygens (including phenoxy) is 1. The van der Waals surface area contributed by atoms with Crippen molar-refractivity contribution in [3.8, 4) is 0 Å². The van der Waals surface area contributed by atoms with E-state index in [1.54, 1.807) is 18.8 Å². The summed E-state index contributed by atoms with van der Waals surface area (Å²) >= 11 is 1.58. The zero-order valence-corrected chi connectivity index (χ0v) is 16.1. The number of amidine groups is 1. The monoisotopic (exact) mass is 376 g/mol. The molecule has 3 rings (SSSR count). The molecule has 0 aromatic heterocycles. The summed E-state index contributed by atoms with van der Waals surface area (Å²) in [7, 11) is 1.66. The van der Waals surface area contributed by atoms with E-state index in [1.807, 2.05) is 11.8 Å². The third kappa shape index (κ3) is 3.86. The maximum atomic E-state index is 12.4. The average Bonchev–Trinajstić information content (AvgIpc) is 2.99. The number of rotatable bonds is 6. The number of likely N-dealkylation sites (N-methyl/N-ethyl adjacent to an activating group) is 1. The van der Waals surface area contributed by atoms with Crippen LogP contribution in [0.2, 0.25) is 0 Å². The first-order chi connectivity index (χ1) is 12.5. The highest BCUT2D eigenvalue weighted by atomic mass is 32.2. The van der Waals surface area contributed by atoms with Gasteiger partial charge < -0.3 is 14.5 Å². The first-order valence-electron chi connectivity index (χ1n) is 8.69. The van der Waals surface area contributed by atoms with Crippen LogP contribution in [0.25, 0.3) is 0 Å². The number of urea groups is 1. The molecule has 0 saturated carbocycles. The summed E-state index contributed by atoms with van der Waals surface area (Å²) in [6.07, 6.45) is -0.488. The maximum Gasteiger partial charge on any atom is 0.325 e.